The summed E-state index contributed by atoms with van der Waals surface area (Å²) in [7, 11) is 1.60. The number of nitrogens with one attached hydrogen (secondary N) is 1. The lowest BCUT2D eigenvalue weighted by Gasteiger charge is -2.07. The Morgan fingerprint density at radius 3 is 2.52 bits per heavy atom. The van der Waals surface area contributed by atoms with Crippen LogP contribution in [0.2, 0.25) is 5.02 Å². The molecule has 0 amide bonds. The van der Waals surface area contributed by atoms with E-state index in [0.717, 1.165) is 28.1 Å². The Kier molecular flexibility index (Phi) is 3.62. The number of benzene rings is 1. The largest absolute Gasteiger partial charge is 0.495 e. The van der Waals surface area contributed by atoms with Gasteiger partial charge in [0.2, 0.25) is 0 Å². The summed E-state index contributed by atoms with van der Waals surface area (Å²) >= 11 is 6.22. The standard InChI is InChI=1S/C16H14ClN3O/c1-10-15(11-5-7-18-8-6-11)16(20-19-10)12-3-4-14(21-2)13(17)9-12/h3-9H,1-2H3,(H,19,20). The highest BCUT2D eigenvalue weighted by Crippen LogP contribution is 2.35. The van der Waals surface area contributed by atoms with Crippen LogP contribution < -0.4 is 4.74 Å². The van der Waals surface area contributed by atoms with E-state index in [4.69, 9.17) is 16.3 Å². The van der Waals surface area contributed by atoms with Gasteiger partial charge >= 0.3 is 0 Å². The van der Waals surface area contributed by atoms with Crippen LogP contribution in [0.4, 0.5) is 0 Å². The van der Waals surface area contributed by atoms with Crippen molar-refractivity contribution < 1.29 is 4.74 Å². The fraction of sp³-hybridized carbons (Fsp3) is 0.125. The minimum atomic E-state index is 0.572. The summed E-state index contributed by atoms with van der Waals surface area (Å²) in [5, 5.41) is 7.98. The van der Waals surface area contributed by atoms with Crippen molar-refractivity contribution in [3.8, 4) is 28.1 Å². The molecule has 0 unspecified atom stereocenters. The molecule has 0 fully saturated rings. The van der Waals surface area contributed by atoms with Crippen LogP contribution in [0.3, 0.4) is 0 Å². The normalized spacial score (nSPS) is 10.6. The second-order valence-corrected chi connectivity index (χ2v) is 5.05. The van der Waals surface area contributed by atoms with Crippen LogP contribution in [0.1, 0.15) is 5.69 Å². The van der Waals surface area contributed by atoms with E-state index in [1.807, 2.05) is 37.3 Å². The number of halogens is 1. The molecule has 1 N–H and O–H groups in total. The molecule has 0 radical (unpaired) electrons. The third kappa shape index (κ3) is 2.50. The number of hydrogen-bond acceptors (Lipinski definition) is 3. The molecule has 5 heteroatoms. The Morgan fingerprint density at radius 2 is 1.86 bits per heavy atom. The molecule has 0 saturated heterocycles. The van der Waals surface area contributed by atoms with E-state index in [2.05, 4.69) is 15.2 Å². The zero-order valence-electron chi connectivity index (χ0n) is 11.7. The van der Waals surface area contributed by atoms with Gasteiger partial charge in [-0.15, -0.1) is 0 Å². The van der Waals surface area contributed by atoms with Gasteiger partial charge in [-0.25, -0.2) is 0 Å². The molecule has 1 aromatic carbocycles. The van der Waals surface area contributed by atoms with Crippen molar-refractivity contribution in [3.05, 3.63) is 53.4 Å². The fourth-order valence-electron chi connectivity index (χ4n) is 2.34. The summed E-state index contributed by atoms with van der Waals surface area (Å²) in [4.78, 5) is 4.06. The molecule has 0 aliphatic rings. The SMILES string of the molecule is COc1ccc(-c2[nH]nc(C)c2-c2ccncc2)cc1Cl. The fourth-order valence-corrected chi connectivity index (χ4v) is 2.59. The van der Waals surface area contributed by atoms with Gasteiger partial charge in [0, 0.05) is 23.5 Å². The molecule has 2 aromatic heterocycles. The lowest BCUT2D eigenvalue weighted by atomic mass is 10.0. The van der Waals surface area contributed by atoms with E-state index in [1.165, 1.54) is 0 Å². The molecule has 0 saturated carbocycles. The highest BCUT2D eigenvalue weighted by atomic mass is 35.5. The van der Waals surface area contributed by atoms with Crippen LogP contribution in [0, 0.1) is 6.92 Å². The first-order chi connectivity index (χ1) is 10.2. The summed E-state index contributed by atoms with van der Waals surface area (Å²) in [6, 6.07) is 9.61. The number of H-pyrrole nitrogens is 1. The van der Waals surface area contributed by atoms with Gasteiger partial charge in [-0.3, -0.25) is 10.1 Å². The summed E-state index contributed by atoms with van der Waals surface area (Å²) in [5.41, 5.74) is 4.96. The number of methoxy groups -OCH3 is 1. The molecule has 0 spiro atoms. The number of nitrogens with zero attached hydrogens (tertiary/aromatic N) is 2. The summed E-state index contributed by atoms with van der Waals surface area (Å²) in [6.45, 7) is 1.97. The van der Waals surface area contributed by atoms with Crippen molar-refractivity contribution in [1.29, 1.82) is 0 Å². The lowest BCUT2D eigenvalue weighted by molar-refractivity contribution is 0.415. The number of aromatic nitrogens is 3. The van der Waals surface area contributed by atoms with Gasteiger partial charge in [-0.2, -0.15) is 5.10 Å². The maximum Gasteiger partial charge on any atom is 0.137 e. The number of aryl methyl sites for hydroxylation is 1. The van der Waals surface area contributed by atoms with Crippen molar-refractivity contribution in [3.63, 3.8) is 0 Å². The van der Waals surface area contributed by atoms with Gasteiger partial charge in [-0.05, 0) is 42.8 Å². The average molecular weight is 300 g/mol. The van der Waals surface area contributed by atoms with Crippen molar-refractivity contribution >= 4 is 11.6 Å². The van der Waals surface area contributed by atoms with Gasteiger partial charge in [0.25, 0.3) is 0 Å². The topological polar surface area (TPSA) is 50.8 Å². The highest BCUT2D eigenvalue weighted by molar-refractivity contribution is 6.32. The zero-order chi connectivity index (χ0) is 14.8. The predicted octanol–water partition coefficient (Wildman–Crippen LogP) is 4.11. The first-order valence-corrected chi connectivity index (χ1v) is 6.87. The minimum absolute atomic E-state index is 0.572. The van der Waals surface area contributed by atoms with Crippen LogP contribution >= 0.6 is 11.6 Å². The van der Waals surface area contributed by atoms with Crippen LogP contribution in [-0.4, -0.2) is 22.3 Å². The second-order valence-electron chi connectivity index (χ2n) is 4.64. The third-order valence-electron chi connectivity index (χ3n) is 3.36. The third-order valence-corrected chi connectivity index (χ3v) is 3.65. The quantitative estimate of drug-likeness (QED) is 0.792. The van der Waals surface area contributed by atoms with E-state index < -0.39 is 0 Å². The molecule has 4 nitrogen and oxygen atoms in total. The van der Waals surface area contributed by atoms with Gasteiger partial charge in [0.05, 0.1) is 23.5 Å². The molecular weight excluding hydrogens is 286 g/mol. The number of hydrogen-bond donors (Lipinski definition) is 1. The number of aromatic amines is 1. The summed E-state index contributed by atoms with van der Waals surface area (Å²) in [6.07, 6.45) is 3.54. The highest BCUT2D eigenvalue weighted by Gasteiger charge is 2.15. The molecule has 2 heterocycles. The maximum atomic E-state index is 6.22. The minimum Gasteiger partial charge on any atom is -0.495 e. The molecule has 0 aliphatic carbocycles. The van der Waals surface area contributed by atoms with Gasteiger partial charge in [-0.1, -0.05) is 11.6 Å². The van der Waals surface area contributed by atoms with E-state index in [-0.39, 0.29) is 0 Å². The Hall–Kier alpha value is -2.33. The Balaban J connectivity index is 2.14. The molecule has 106 valence electrons. The van der Waals surface area contributed by atoms with Crippen molar-refractivity contribution in [2.24, 2.45) is 0 Å². The molecule has 21 heavy (non-hydrogen) atoms. The number of rotatable bonds is 3. The Labute approximate surface area is 127 Å². The average Bonchev–Trinajstić information content (AvgIpc) is 2.90. The van der Waals surface area contributed by atoms with Crippen molar-refractivity contribution in [2.45, 2.75) is 6.92 Å². The Morgan fingerprint density at radius 1 is 1.10 bits per heavy atom. The van der Waals surface area contributed by atoms with Crippen molar-refractivity contribution in [2.75, 3.05) is 7.11 Å². The smallest absolute Gasteiger partial charge is 0.137 e. The van der Waals surface area contributed by atoms with Gasteiger partial charge in [0.1, 0.15) is 5.75 Å². The van der Waals surface area contributed by atoms with Gasteiger partial charge < -0.3 is 4.74 Å². The van der Waals surface area contributed by atoms with E-state index >= 15 is 0 Å². The van der Waals surface area contributed by atoms with Crippen LogP contribution in [0.5, 0.6) is 5.75 Å². The Bertz CT molecular complexity index is 768. The van der Waals surface area contributed by atoms with Crippen molar-refractivity contribution in [1.82, 2.24) is 15.2 Å². The van der Waals surface area contributed by atoms with Gasteiger partial charge in [0.15, 0.2) is 0 Å². The van der Waals surface area contributed by atoms with Crippen LogP contribution in [-0.2, 0) is 0 Å². The van der Waals surface area contributed by atoms with Crippen LogP contribution in [0.25, 0.3) is 22.4 Å². The zero-order valence-corrected chi connectivity index (χ0v) is 12.5. The maximum absolute atomic E-state index is 6.22. The number of pyridine rings is 1. The van der Waals surface area contributed by atoms with E-state index in [1.54, 1.807) is 19.5 Å². The molecular formula is C16H14ClN3O. The molecule has 0 bridgehead atoms. The first-order valence-electron chi connectivity index (χ1n) is 6.50. The number of ether oxygens (including phenoxy) is 1. The predicted molar refractivity (Wildman–Crippen MR) is 83.6 cm³/mol. The lowest BCUT2D eigenvalue weighted by Crippen LogP contribution is -1.87. The summed E-state index contributed by atoms with van der Waals surface area (Å²) in [5.74, 6) is 0.655. The van der Waals surface area contributed by atoms with E-state index in [0.29, 0.717) is 10.8 Å². The molecule has 3 aromatic rings. The van der Waals surface area contributed by atoms with Crippen LogP contribution in [0.15, 0.2) is 42.7 Å². The first kappa shape index (κ1) is 13.6. The monoisotopic (exact) mass is 299 g/mol. The molecule has 0 aliphatic heterocycles. The van der Waals surface area contributed by atoms with E-state index in [9.17, 15) is 0 Å². The summed E-state index contributed by atoms with van der Waals surface area (Å²) < 4.78 is 5.19. The molecule has 0 atom stereocenters. The second kappa shape index (κ2) is 5.58. The molecule has 3 rings (SSSR count).